The van der Waals surface area contributed by atoms with E-state index in [4.69, 9.17) is 4.74 Å². The molecule has 1 aliphatic carbocycles. The highest BCUT2D eigenvalue weighted by Crippen LogP contribution is 2.41. The summed E-state index contributed by atoms with van der Waals surface area (Å²) < 4.78 is 32.3. The molecule has 3 heterocycles. The van der Waals surface area contributed by atoms with E-state index in [1.165, 1.54) is 18.4 Å². The molecule has 1 fully saturated rings. The summed E-state index contributed by atoms with van der Waals surface area (Å²) in [6.07, 6.45) is 7.11. The van der Waals surface area contributed by atoms with Crippen LogP contribution in [0.2, 0.25) is 0 Å². The summed E-state index contributed by atoms with van der Waals surface area (Å²) in [7, 11) is -3.50. The van der Waals surface area contributed by atoms with Gasteiger partial charge in [0.25, 0.3) is 0 Å². The van der Waals surface area contributed by atoms with Gasteiger partial charge >= 0.3 is 0 Å². The van der Waals surface area contributed by atoms with Gasteiger partial charge in [0, 0.05) is 23.7 Å². The highest BCUT2D eigenvalue weighted by atomic mass is 32.2. The maximum Gasteiger partial charge on any atom is 0.244 e. The van der Waals surface area contributed by atoms with Gasteiger partial charge in [-0.3, -0.25) is 14.7 Å². The molecule has 0 radical (unpaired) electrons. The van der Waals surface area contributed by atoms with Crippen LogP contribution in [0.1, 0.15) is 41.3 Å². The van der Waals surface area contributed by atoms with Gasteiger partial charge in [-0.2, -0.15) is 0 Å². The summed E-state index contributed by atoms with van der Waals surface area (Å²) in [6, 6.07) is 7.43. The van der Waals surface area contributed by atoms with Crippen molar-refractivity contribution in [1.82, 2.24) is 15.0 Å². The van der Waals surface area contributed by atoms with Crippen molar-refractivity contribution in [3.63, 3.8) is 0 Å². The van der Waals surface area contributed by atoms with Crippen molar-refractivity contribution in [3.05, 3.63) is 59.2 Å². The third-order valence-electron chi connectivity index (χ3n) is 4.91. The average Bonchev–Trinajstić information content (AvgIpc) is 3.50. The van der Waals surface area contributed by atoms with Gasteiger partial charge < -0.3 is 4.74 Å². The number of nitrogens with one attached hydrogen (secondary N) is 1. The second-order valence-corrected chi connectivity index (χ2v) is 9.55. The zero-order valence-electron chi connectivity index (χ0n) is 17.4. The minimum Gasteiger partial charge on any atom is -0.435 e. The van der Waals surface area contributed by atoms with Gasteiger partial charge in [-0.05, 0) is 74.9 Å². The topological polar surface area (TPSA) is 94.1 Å². The van der Waals surface area contributed by atoms with Gasteiger partial charge in [0.1, 0.15) is 5.69 Å². The number of ether oxygens (including phenoxy) is 1. The summed E-state index contributed by atoms with van der Waals surface area (Å²) in [5.74, 6) is 1.31. The molecule has 0 atom stereocenters. The molecule has 0 aliphatic heterocycles. The lowest BCUT2D eigenvalue weighted by atomic mass is 10.1. The van der Waals surface area contributed by atoms with Crippen LogP contribution in [0.25, 0.3) is 11.3 Å². The number of rotatable bonds is 6. The Labute approximate surface area is 176 Å². The van der Waals surface area contributed by atoms with Crippen LogP contribution in [0, 0.1) is 20.8 Å². The highest BCUT2D eigenvalue weighted by molar-refractivity contribution is 7.92. The van der Waals surface area contributed by atoms with E-state index < -0.39 is 10.0 Å². The van der Waals surface area contributed by atoms with Gasteiger partial charge in [-0.1, -0.05) is 0 Å². The highest BCUT2D eigenvalue weighted by Gasteiger charge is 2.24. The van der Waals surface area contributed by atoms with Crippen LogP contribution in [-0.2, 0) is 10.0 Å². The second-order valence-electron chi connectivity index (χ2n) is 7.80. The molecule has 7 nitrogen and oxygen atoms in total. The van der Waals surface area contributed by atoms with Crippen molar-refractivity contribution in [3.8, 4) is 22.9 Å². The molecule has 0 unspecified atom stereocenters. The van der Waals surface area contributed by atoms with E-state index in [0.717, 1.165) is 23.1 Å². The Morgan fingerprint density at radius 3 is 2.50 bits per heavy atom. The Hall–Kier alpha value is -3.00. The van der Waals surface area contributed by atoms with Crippen LogP contribution < -0.4 is 9.46 Å². The number of hydrogen-bond acceptors (Lipinski definition) is 6. The van der Waals surface area contributed by atoms with E-state index in [-0.39, 0.29) is 11.6 Å². The first-order valence-electron chi connectivity index (χ1n) is 9.76. The first-order valence-corrected chi connectivity index (χ1v) is 11.7. The van der Waals surface area contributed by atoms with Gasteiger partial charge in [-0.25, -0.2) is 13.4 Å². The largest absolute Gasteiger partial charge is 0.435 e. The lowest BCUT2D eigenvalue weighted by Crippen LogP contribution is -2.11. The van der Waals surface area contributed by atoms with E-state index in [9.17, 15) is 8.42 Å². The molecule has 1 N–H and O–H groups in total. The zero-order chi connectivity index (χ0) is 21.5. The van der Waals surface area contributed by atoms with Gasteiger partial charge in [0.05, 0.1) is 17.6 Å². The van der Waals surface area contributed by atoms with Crippen molar-refractivity contribution in [2.75, 3.05) is 11.0 Å². The number of aromatic nitrogens is 3. The third kappa shape index (κ3) is 4.59. The smallest absolute Gasteiger partial charge is 0.244 e. The van der Waals surface area contributed by atoms with Crippen LogP contribution in [0.4, 0.5) is 5.69 Å². The Morgan fingerprint density at radius 2 is 1.83 bits per heavy atom. The molecule has 0 spiro atoms. The maximum absolute atomic E-state index is 11.8. The maximum atomic E-state index is 11.8. The van der Waals surface area contributed by atoms with Crippen LogP contribution >= 0.6 is 0 Å². The number of aryl methyl sites for hydroxylation is 3. The molecule has 0 saturated heterocycles. The number of anilines is 1. The quantitative estimate of drug-likeness (QED) is 0.626. The van der Waals surface area contributed by atoms with E-state index in [2.05, 4.69) is 25.7 Å². The first kappa shape index (κ1) is 20.3. The Balaban J connectivity index is 1.78. The number of nitrogens with zero attached hydrogens (tertiary/aromatic N) is 3. The van der Waals surface area contributed by atoms with Crippen LogP contribution in [-0.4, -0.2) is 29.6 Å². The summed E-state index contributed by atoms with van der Waals surface area (Å²) in [6.45, 7) is 5.69. The molecule has 4 rings (SSSR count). The van der Waals surface area contributed by atoms with Crippen LogP contribution in [0.15, 0.2) is 36.7 Å². The normalized spacial score (nSPS) is 13.9. The molecule has 1 saturated carbocycles. The molecule has 0 bridgehead atoms. The Bertz CT molecular complexity index is 1200. The minimum atomic E-state index is -3.50. The lowest BCUT2D eigenvalue weighted by molar-refractivity contribution is 0.455. The van der Waals surface area contributed by atoms with E-state index in [1.54, 1.807) is 18.3 Å². The summed E-state index contributed by atoms with van der Waals surface area (Å²) in [4.78, 5) is 13.4. The number of hydrogen-bond donors (Lipinski definition) is 1. The van der Waals surface area contributed by atoms with Crippen molar-refractivity contribution >= 4 is 15.7 Å². The van der Waals surface area contributed by atoms with Crippen molar-refractivity contribution in [2.24, 2.45) is 0 Å². The zero-order valence-corrected chi connectivity index (χ0v) is 18.2. The predicted molar refractivity (Wildman–Crippen MR) is 116 cm³/mol. The van der Waals surface area contributed by atoms with Gasteiger partial charge in [-0.15, -0.1) is 0 Å². The monoisotopic (exact) mass is 424 g/mol. The third-order valence-corrected chi connectivity index (χ3v) is 5.51. The molecular formula is C22H24N4O3S. The van der Waals surface area contributed by atoms with Gasteiger partial charge in [0.15, 0.2) is 5.75 Å². The van der Waals surface area contributed by atoms with Crippen molar-refractivity contribution in [2.45, 2.75) is 39.5 Å². The minimum absolute atomic E-state index is 0.173. The van der Waals surface area contributed by atoms with Crippen LogP contribution in [0.5, 0.6) is 11.6 Å². The standard InChI is InChI=1S/C22H24N4O3S/c1-13-9-14(2)24-15(3)21(13)29-22-20(26-30(4,27)28)8-7-19(25-22)18-10-17(11-23-12-18)16-5-6-16/h7-12,16,26H,5-6H2,1-4H3. The summed E-state index contributed by atoms with van der Waals surface area (Å²) >= 11 is 0. The van der Waals surface area contributed by atoms with Gasteiger partial charge in [0.2, 0.25) is 15.9 Å². The predicted octanol–water partition coefficient (Wildman–Crippen LogP) is 4.51. The molecule has 30 heavy (non-hydrogen) atoms. The SMILES string of the molecule is Cc1cc(C)c(Oc2nc(-c3cncc(C4CC4)c3)ccc2NS(C)(=O)=O)c(C)n1. The first-order chi connectivity index (χ1) is 14.2. The van der Waals surface area contributed by atoms with E-state index in [1.807, 2.05) is 33.0 Å². The summed E-state index contributed by atoms with van der Waals surface area (Å²) in [5.41, 5.74) is 5.49. The molecular weight excluding hydrogens is 400 g/mol. The molecule has 3 aromatic rings. The molecule has 8 heteroatoms. The Kier molecular flexibility index (Phi) is 5.19. The molecule has 0 aromatic carbocycles. The fraction of sp³-hybridized carbons (Fsp3) is 0.318. The fourth-order valence-electron chi connectivity index (χ4n) is 3.46. The Morgan fingerprint density at radius 1 is 1.07 bits per heavy atom. The molecule has 3 aromatic heterocycles. The molecule has 0 amide bonds. The summed E-state index contributed by atoms with van der Waals surface area (Å²) in [5, 5.41) is 0. The average molecular weight is 425 g/mol. The molecule has 156 valence electrons. The van der Waals surface area contributed by atoms with E-state index >= 15 is 0 Å². The molecule has 1 aliphatic rings. The van der Waals surface area contributed by atoms with Crippen LogP contribution in [0.3, 0.4) is 0 Å². The van der Waals surface area contributed by atoms with E-state index in [0.29, 0.717) is 23.1 Å². The van der Waals surface area contributed by atoms with Crippen molar-refractivity contribution in [1.29, 1.82) is 0 Å². The lowest BCUT2D eigenvalue weighted by Gasteiger charge is -2.16. The fourth-order valence-corrected chi connectivity index (χ4v) is 4.01. The van der Waals surface area contributed by atoms with Crippen molar-refractivity contribution < 1.29 is 13.2 Å². The number of sulfonamides is 1. The second kappa shape index (κ2) is 7.68. The number of pyridine rings is 3.